The fraction of sp³-hybridized carbons (Fsp3) is 0. The number of hydrogen-bond donors (Lipinski definition) is 2. The maximum absolute atomic E-state index is 13.6. The molecule has 2 heterocycles. The smallest absolute Gasteiger partial charge is 0.281 e. The van der Waals surface area contributed by atoms with E-state index in [0.29, 0.717) is 11.0 Å². The minimum Gasteiger partial charge on any atom is -0.381 e. The summed E-state index contributed by atoms with van der Waals surface area (Å²) >= 11 is 1.21. The van der Waals surface area contributed by atoms with Crippen LogP contribution in [-0.2, 0) is 10.0 Å². The van der Waals surface area contributed by atoms with Crippen molar-refractivity contribution in [2.45, 2.75) is 5.03 Å². The lowest BCUT2D eigenvalue weighted by Crippen LogP contribution is -2.17. The summed E-state index contributed by atoms with van der Waals surface area (Å²) in [6, 6.07) is 2.52. The summed E-state index contributed by atoms with van der Waals surface area (Å²) in [5.41, 5.74) is 5.23. The zero-order valence-electron chi connectivity index (χ0n) is 10.2. The van der Waals surface area contributed by atoms with Crippen molar-refractivity contribution in [3.63, 3.8) is 0 Å². The monoisotopic (exact) mass is 330 g/mol. The molecule has 1 aromatic carbocycles. The van der Waals surface area contributed by atoms with Gasteiger partial charge in [0.25, 0.3) is 10.0 Å². The highest BCUT2D eigenvalue weighted by Crippen LogP contribution is 2.26. The molecule has 0 amide bonds. The van der Waals surface area contributed by atoms with Crippen LogP contribution >= 0.6 is 11.3 Å². The number of nitrogens with zero attached hydrogens (tertiary/aromatic N) is 2. The van der Waals surface area contributed by atoms with E-state index < -0.39 is 21.7 Å². The van der Waals surface area contributed by atoms with Crippen LogP contribution < -0.4 is 10.5 Å². The molecular formula is C11H8F2N4O2S2. The molecule has 2 aromatic heterocycles. The first-order valence-electron chi connectivity index (χ1n) is 5.57. The van der Waals surface area contributed by atoms with E-state index in [9.17, 15) is 17.2 Å². The van der Waals surface area contributed by atoms with Crippen molar-refractivity contribution in [2.75, 3.05) is 10.5 Å². The molecule has 10 heteroatoms. The van der Waals surface area contributed by atoms with E-state index >= 15 is 0 Å². The van der Waals surface area contributed by atoms with Gasteiger partial charge in [0.05, 0.1) is 5.69 Å². The maximum atomic E-state index is 13.6. The number of fused-ring (bicyclic) bond motifs is 1. The molecule has 110 valence electrons. The topological polar surface area (TPSA) is 89.5 Å². The van der Waals surface area contributed by atoms with Gasteiger partial charge < -0.3 is 5.73 Å². The summed E-state index contributed by atoms with van der Waals surface area (Å²) in [6.07, 6.45) is 1.49. The molecule has 0 fully saturated rings. The van der Waals surface area contributed by atoms with Gasteiger partial charge in [-0.2, -0.15) is 8.42 Å². The molecule has 0 spiro atoms. The number of halogens is 2. The fourth-order valence-corrected chi connectivity index (χ4v) is 3.87. The first kappa shape index (κ1) is 13.8. The largest absolute Gasteiger partial charge is 0.381 e. The molecule has 3 N–H and O–H groups in total. The Morgan fingerprint density at radius 1 is 1.33 bits per heavy atom. The van der Waals surface area contributed by atoms with Gasteiger partial charge in [-0.3, -0.25) is 9.12 Å². The normalized spacial score (nSPS) is 11.9. The maximum Gasteiger partial charge on any atom is 0.281 e. The average molecular weight is 330 g/mol. The van der Waals surface area contributed by atoms with E-state index in [2.05, 4.69) is 4.98 Å². The van der Waals surface area contributed by atoms with Crippen molar-refractivity contribution < 1.29 is 17.2 Å². The van der Waals surface area contributed by atoms with E-state index in [0.717, 1.165) is 12.1 Å². The highest BCUT2D eigenvalue weighted by atomic mass is 32.2. The standard InChI is InChI=1S/C11H8F2N4O2S2/c12-6-1-2-8(7(13)5-6)16-21(18,19)10-9(14)15-11-17(10)3-4-20-11/h1-5,16H,14H2. The number of rotatable bonds is 3. The van der Waals surface area contributed by atoms with E-state index in [1.54, 1.807) is 5.38 Å². The molecule has 0 aliphatic heterocycles. The lowest BCUT2D eigenvalue weighted by molar-refractivity contribution is 0.582. The Morgan fingerprint density at radius 3 is 2.81 bits per heavy atom. The molecule has 0 aliphatic rings. The molecule has 6 nitrogen and oxygen atoms in total. The number of aromatic nitrogens is 2. The third-order valence-electron chi connectivity index (χ3n) is 2.67. The molecule has 21 heavy (non-hydrogen) atoms. The van der Waals surface area contributed by atoms with Gasteiger partial charge in [0.15, 0.2) is 10.8 Å². The first-order chi connectivity index (χ1) is 9.88. The number of imidazole rings is 1. The lowest BCUT2D eigenvalue weighted by Gasteiger charge is -2.08. The van der Waals surface area contributed by atoms with Crippen LogP contribution in [0.15, 0.2) is 34.8 Å². The molecule has 0 saturated carbocycles. The number of nitrogens with two attached hydrogens (primary N) is 1. The molecule has 0 unspecified atom stereocenters. The number of benzene rings is 1. The van der Waals surface area contributed by atoms with Crippen LogP contribution in [-0.4, -0.2) is 17.8 Å². The summed E-state index contributed by atoms with van der Waals surface area (Å²) in [7, 11) is -4.16. The molecule has 3 aromatic rings. The Balaban J connectivity index is 2.08. The zero-order chi connectivity index (χ0) is 15.2. The van der Waals surface area contributed by atoms with Crippen molar-refractivity contribution in [2.24, 2.45) is 0 Å². The van der Waals surface area contributed by atoms with Crippen molar-refractivity contribution in [1.82, 2.24) is 9.38 Å². The van der Waals surface area contributed by atoms with Crippen LogP contribution in [0, 0.1) is 11.6 Å². The number of sulfonamides is 1. The minimum atomic E-state index is -4.16. The zero-order valence-corrected chi connectivity index (χ0v) is 11.9. The summed E-state index contributed by atoms with van der Waals surface area (Å²) in [5, 5.41) is 1.35. The van der Waals surface area contributed by atoms with Crippen LogP contribution in [0.4, 0.5) is 20.3 Å². The number of thiazole rings is 1. The first-order valence-corrected chi connectivity index (χ1v) is 7.93. The predicted molar refractivity (Wildman–Crippen MR) is 74.6 cm³/mol. The second kappa shape index (κ2) is 4.67. The summed E-state index contributed by atoms with van der Waals surface area (Å²) < 4.78 is 54.4. The number of hydrogen-bond acceptors (Lipinski definition) is 5. The van der Waals surface area contributed by atoms with Crippen molar-refractivity contribution in [1.29, 1.82) is 0 Å². The van der Waals surface area contributed by atoms with Crippen LogP contribution in [0.5, 0.6) is 0 Å². The van der Waals surface area contributed by atoms with Crippen molar-refractivity contribution in [3.8, 4) is 0 Å². The summed E-state index contributed by atoms with van der Waals surface area (Å²) in [5.74, 6) is -2.03. The van der Waals surface area contributed by atoms with Crippen molar-refractivity contribution >= 4 is 37.8 Å². The quantitative estimate of drug-likeness (QED) is 0.769. The Bertz CT molecular complexity index is 933. The molecule has 0 saturated heterocycles. The molecule has 0 bridgehead atoms. The van der Waals surface area contributed by atoms with Gasteiger partial charge >= 0.3 is 0 Å². The van der Waals surface area contributed by atoms with E-state index in [-0.39, 0.29) is 16.5 Å². The van der Waals surface area contributed by atoms with Gasteiger partial charge in [-0.1, -0.05) is 0 Å². The van der Waals surface area contributed by atoms with E-state index in [1.165, 1.54) is 21.9 Å². The van der Waals surface area contributed by atoms with Crippen molar-refractivity contribution in [3.05, 3.63) is 41.4 Å². The lowest BCUT2D eigenvalue weighted by atomic mass is 10.3. The second-order valence-corrected chi connectivity index (χ2v) is 6.56. The van der Waals surface area contributed by atoms with Gasteiger partial charge in [-0.25, -0.2) is 13.8 Å². The second-order valence-electron chi connectivity index (χ2n) is 4.09. The third kappa shape index (κ3) is 2.32. The van der Waals surface area contributed by atoms with Crippen LogP contribution in [0.2, 0.25) is 0 Å². The highest BCUT2D eigenvalue weighted by Gasteiger charge is 2.25. The predicted octanol–water partition coefficient (Wildman–Crippen LogP) is 2.06. The molecule has 0 atom stereocenters. The molecular weight excluding hydrogens is 322 g/mol. The number of nitrogens with one attached hydrogen (secondary N) is 1. The Hall–Kier alpha value is -2.20. The fourth-order valence-electron chi connectivity index (χ4n) is 1.81. The minimum absolute atomic E-state index is 0.197. The van der Waals surface area contributed by atoms with Gasteiger partial charge in [0.1, 0.15) is 11.6 Å². The Labute approximate surface area is 121 Å². The highest BCUT2D eigenvalue weighted by molar-refractivity contribution is 7.92. The molecule has 0 radical (unpaired) electrons. The van der Waals surface area contributed by atoms with E-state index in [1.807, 2.05) is 4.72 Å². The Morgan fingerprint density at radius 2 is 2.10 bits per heavy atom. The summed E-state index contributed by atoms with van der Waals surface area (Å²) in [4.78, 5) is 4.30. The summed E-state index contributed by atoms with van der Waals surface area (Å²) in [6.45, 7) is 0. The SMILES string of the molecule is Nc1nc2sccn2c1S(=O)(=O)Nc1ccc(F)cc1F. The van der Waals surface area contributed by atoms with Crippen LogP contribution in [0.25, 0.3) is 4.96 Å². The average Bonchev–Trinajstić information content (AvgIpc) is 2.91. The number of anilines is 2. The molecule has 0 aliphatic carbocycles. The van der Waals surface area contributed by atoms with Gasteiger partial charge in [-0.05, 0) is 12.1 Å². The Kier molecular flexibility index (Phi) is 3.06. The van der Waals surface area contributed by atoms with Gasteiger partial charge in [0, 0.05) is 17.6 Å². The number of nitrogen functional groups attached to an aromatic ring is 1. The van der Waals surface area contributed by atoms with Gasteiger partial charge in [-0.15, -0.1) is 11.3 Å². The van der Waals surface area contributed by atoms with E-state index in [4.69, 9.17) is 5.73 Å². The van der Waals surface area contributed by atoms with Gasteiger partial charge in [0.2, 0.25) is 5.03 Å². The molecule has 3 rings (SSSR count). The van der Waals surface area contributed by atoms with Crippen LogP contribution in [0.3, 0.4) is 0 Å². The third-order valence-corrected chi connectivity index (χ3v) is 4.83. The van der Waals surface area contributed by atoms with Crippen LogP contribution in [0.1, 0.15) is 0 Å².